The van der Waals surface area contributed by atoms with Crippen LogP contribution in [0, 0.1) is 5.82 Å². The van der Waals surface area contributed by atoms with Crippen LogP contribution in [0.25, 0.3) is 0 Å². The Labute approximate surface area is 147 Å². The van der Waals surface area contributed by atoms with Gasteiger partial charge in [0.2, 0.25) is 5.91 Å². The Bertz CT molecular complexity index is 683. The minimum Gasteiger partial charge on any atom is -0.388 e. The first-order valence-electron chi connectivity index (χ1n) is 8.65. The fourth-order valence-electron chi connectivity index (χ4n) is 3.14. The van der Waals surface area contributed by atoms with Crippen LogP contribution in [0.3, 0.4) is 0 Å². The molecular weight excluding hydrogens is 319 g/mol. The van der Waals surface area contributed by atoms with E-state index in [-0.39, 0.29) is 24.2 Å². The van der Waals surface area contributed by atoms with Crippen LogP contribution in [-0.2, 0) is 4.79 Å². The van der Waals surface area contributed by atoms with Crippen molar-refractivity contribution in [2.24, 2.45) is 0 Å². The second-order valence-corrected chi connectivity index (χ2v) is 6.44. The Morgan fingerprint density at radius 3 is 2.40 bits per heavy atom. The third kappa shape index (κ3) is 4.79. The van der Waals surface area contributed by atoms with E-state index in [0.717, 1.165) is 24.1 Å². The van der Waals surface area contributed by atoms with Gasteiger partial charge in [0.15, 0.2) is 0 Å². The highest BCUT2D eigenvalue weighted by molar-refractivity contribution is 5.77. The van der Waals surface area contributed by atoms with Crippen LogP contribution in [0.4, 0.5) is 10.1 Å². The zero-order valence-electron chi connectivity index (χ0n) is 14.1. The van der Waals surface area contributed by atoms with Crippen LogP contribution >= 0.6 is 0 Å². The zero-order valence-corrected chi connectivity index (χ0v) is 14.1. The molecule has 1 saturated heterocycles. The van der Waals surface area contributed by atoms with E-state index in [2.05, 4.69) is 5.32 Å². The van der Waals surface area contributed by atoms with Crippen molar-refractivity contribution < 1.29 is 14.3 Å². The molecule has 2 aromatic carbocycles. The summed E-state index contributed by atoms with van der Waals surface area (Å²) in [4.78, 5) is 14.2. The quantitative estimate of drug-likeness (QED) is 0.876. The van der Waals surface area contributed by atoms with Gasteiger partial charge < -0.3 is 15.3 Å². The number of aliphatic hydroxyl groups is 1. The molecule has 3 rings (SSSR count). The highest BCUT2D eigenvalue weighted by Gasteiger charge is 2.24. The Kier molecular flexibility index (Phi) is 5.66. The van der Waals surface area contributed by atoms with E-state index >= 15 is 0 Å². The highest BCUT2D eigenvalue weighted by atomic mass is 19.1. The molecule has 4 nitrogen and oxygen atoms in total. The summed E-state index contributed by atoms with van der Waals surface area (Å²) in [5.74, 6) is -0.264. The van der Waals surface area contributed by atoms with Crippen LogP contribution < -0.4 is 5.32 Å². The lowest BCUT2D eigenvalue weighted by Gasteiger charge is -2.33. The lowest BCUT2D eigenvalue weighted by atomic mass is 10.0. The molecule has 0 radical (unpaired) electrons. The molecule has 132 valence electrons. The van der Waals surface area contributed by atoms with Crippen LogP contribution in [0.15, 0.2) is 54.6 Å². The first kappa shape index (κ1) is 17.4. The summed E-state index contributed by atoms with van der Waals surface area (Å²) in [6.07, 6.45) is 1.03. The number of hydrogen-bond acceptors (Lipinski definition) is 3. The van der Waals surface area contributed by atoms with Crippen LogP contribution in [0.2, 0.25) is 0 Å². The van der Waals surface area contributed by atoms with Crippen molar-refractivity contribution in [1.29, 1.82) is 0 Å². The van der Waals surface area contributed by atoms with Gasteiger partial charge in [0, 0.05) is 24.8 Å². The van der Waals surface area contributed by atoms with E-state index in [1.54, 1.807) is 12.1 Å². The minimum absolute atomic E-state index is 0.0171. The Morgan fingerprint density at radius 1 is 1.12 bits per heavy atom. The molecule has 25 heavy (non-hydrogen) atoms. The smallest absolute Gasteiger partial charge is 0.225 e. The average molecular weight is 342 g/mol. The van der Waals surface area contributed by atoms with Crippen molar-refractivity contribution >= 4 is 11.6 Å². The number of nitrogens with one attached hydrogen (secondary N) is 1. The topological polar surface area (TPSA) is 52.6 Å². The first-order valence-corrected chi connectivity index (χ1v) is 8.65. The number of nitrogens with zero attached hydrogens (tertiary/aromatic N) is 1. The van der Waals surface area contributed by atoms with E-state index in [1.807, 2.05) is 35.2 Å². The number of hydrogen-bond donors (Lipinski definition) is 2. The molecule has 5 heteroatoms. The van der Waals surface area contributed by atoms with Gasteiger partial charge in [0.1, 0.15) is 5.82 Å². The standard InChI is InChI=1S/C20H23FN2O2/c21-16-6-8-17(9-7-16)22-18-10-12-23(13-11-18)20(25)14-19(24)15-4-2-1-3-5-15/h1-9,18-19,22,24H,10-14H2. The summed E-state index contributed by atoms with van der Waals surface area (Å²) < 4.78 is 12.9. The molecule has 1 atom stereocenters. The van der Waals surface area contributed by atoms with Gasteiger partial charge in [-0.1, -0.05) is 30.3 Å². The molecule has 2 aromatic rings. The number of anilines is 1. The molecule has 0 aromatic heterocycles. The predicted molar refractivity (Wildman–Crippen MR) is 95.6 cm³/mol. The lowest BCUT2D eigenvalue weighted by molar-refractivity contribution is -0.134. The Hall–Kier alpha value is -2.40. The maximum Gasteiger partial charge on any atom is 0.225 e. The molecule has 1 amide bonds. The number of likely N-dealkylation sites (tertiary alicyclic amines) is 1. The van der Waals surface area contributed by atoms with Gasteiger partial charge in [-0.3, -0.25) is 4.79 Å². The summed E-state index contributed by atoms with van der Waals surface area (Å²) in [5.41, 5.74) is 1.66. The number of rotatable bonds is 5. The summed E-state index contributed by atoms with van der Waals surface area (Å²) in [7, 11) is 0. The highest BCUT2D eigenvalue weighted by Crippen LogP contribution is 2.21. The van der Waals surface area contributed by atoms with Gasteiger partial charge in [-0.25, -0.2) is 4.39 Å². The fourth-order valence-corrected chi connectivity index (χ4v) is 3.14. The maximum atomic E-state index is 12.9. The molecule has 1 aliphatic heterocycles. The van der Waals surface area contributed by atoms with Crippen molar-refractivity contribution in [1.82, 2.24) is 4.90 Å². The molecule has 1 fully saturated rings. The number of amides is 1. The summed E-state index contributed by atoms with van der Waals surface area (Å²) in [6, 6.07) is 15.9. The molecular formula is C20H23FN2O2. The van der Waals surface area contributed by atoms with Gasteiger partial charge in [0.25, 0.3) is 0 Å². The van der Waals surface area contributed by atoms with Crippen LogP contribution in [0.1, 0.15) is 30.9 Å². The van der Waals surface area contributed by atoms with Crippen molar-refractivity contribution in [3.63, 3.8) is 0 Å². The molecule has 1 unspecified atom stereocenters. The minimum atomic E-state index is -0.760. The molecule has 0 bridgehead atoms. The van der Waals surface area contributed by atoms with Gasteiger partial charge >= 0.3 is 0 Å². The second kappa shape index (κ2) is 8.12. The summed E-state index contributed by atoms with van der Waals surface area (Å²) in [6.45, 7) is 1.33. The fraction of sp³-hybridized carbons (Fsp3) is 0.350. The van der Waals surface area contributed by atoms with E-state index < -0.39 is 6.10 Å². The van der Waals surface area contributed by atoms with Gasteiger partial charge in [-0.05, 0) is 42.7 Å². The summed E-state index contributed by atoms with van der Waals surface area (Å²) >= 11 is 0. The second-order valence-electron chi connectivity index (χ2n) is 6.44. The zero-order chi connectivity index (χ0) is 17.6. The SMILES string of the molecule is O=C(CC(O)c1ccccc1)N1CCC(Nc2ccc(F)cc2)CC1. The number of piperidine rings is 1. The van der Waals surface area contributed by atoms with Crippen molar-refractivity contribution in [3.05, 3.63) is 66.0 Å². The van der Waals surface area contributed by atoms with Gasteiger partial charge in [-0.2, -0.15) is 0 Å². The molecule has 2 N–H and O–H groups in total. The summed E-state index contributed by atoms with van der Waals surface area (Å²) in [5, 5.41) is 13.6. The number of carbonyl (C=O) groups is 1. The van der Waals surface area contributed by atoms with E-state index in [1.165, 1.54) is 12.1 Å². The largest absolute Gasteiger partial charge is 0.388 e. The van der Waals surface area contributed by atoms with Crippen LogP contribution in [0.5, 0.6) is 0 Å². The Balaban J connectivity index is 1.46. The molecule has 1 aliphatic rings. The predicted octanol–water partition coefficient (Wildman–Crippen LogP) is 3.35. The number of aliphatic hydroxyl groups excluding tert-OH is 1. The number of benzene rings is 2. The van der Waals surface area contributed by atoms with E-state index in [4.69, 9.17) is 0 Å². The maximum absolute atomic E-state index is 12.9. The monoisotopic (exact) mass is 342 g/mol. The van der Waals surface area contributed by atoms with Crippen molar-refractivity contribution in [2.75, 3.05) is 18.4 Å². The molecule has 0 saturated carbocycles. The third-order valence-corrected chi connectivity index (χ3v) is 4.61. The third-order valence-electron chi connectivity index (χ3n) is 4.61. The molecule has 0 aliphatic carbocycles. The number of carbonyl (C=O) groups excluding carboxylic acids is 1. The Morgan fingerprint density at radius 2 is 1.76 bits per heavy atom. The first-order chi connectivity index (χ1) is 12.1. The molecule has 1 heterocycles. The van der Waals surface area contributed by atoms with Gasteiger partial charge in [0.05, 0.1) is 12.5 Å². The van der Waals surface area contributed by atoms with Crippen LogP contribution in [-0.4, -0.2) is 35.0 Å². The van der Waals surface area contributed by atoms with Crippen molar-refractivity contribution in [2.45, 2.75) is 31.4 Å². The number of halogens is 1. The van der Waals surface area contributed by atoms with Crippen molar-refractivity contribution in [3.8, 4) is 0 Å². The van der Waals surface area contributed by atoms with E-state index in [0.29, 0.717) is 13.1 Å². The van der Waals surface area contributed by atoms with E-state index in [9.17, 15) is 14.3 Å². The van der Waals surface area contributed by atoms with Gasteiger partial charge in [-0.15, -0.1) is 0 Å². The normalized spacial score (nSPS) is 16.5. The lowest BCUT2D eigenvalue weighted by Crippen LogP contribution is -2.42. The average Bonchev–Trinajstić information content (AvgIpc) is 2.65. The molecule has 0 spiro atoms.